The Morgan fingerprint density at radius 1 is 1.00 bits per heavy atom. The van der Waals surface area contributed by atoms with E-state index in [1.165, 1.54) is 12.1 Å². The van der Waals surface area contributed by atoms with Gasteiger partial charge in [-0.25, -0.2) is 8.42 Å². The van der Waals surface area contributed by atoms with Gasteiger partial charge in [-0.1, -0.05) is 6.07 Å². The van der Waals surface area contributed by atoms with Crippen LogP contribution >= 0.6 is 0 Å². The quantitative estimate of drug-likeness (QED) is 0.679. The minimum absolute atomic E-state index is 0.0767. The molecule has 2 N–H and O–H groups in total. The predicted octanol–water partition coefficient (Wildman–Crippen LogP) is 3.20. The number of amides is 1. The Morgan fingerprint density at radius 2 is 1.76 bits per heavy atom. The fourth-order valence-corrected chi connectivity index (χ4v) is 4.21. The van der Waals surface area contributed by atoms with Crippen molar-refractivity contribution in [2.24, 2.45) is 4.99 Å². The molecule has 2 heterocycles. The van der Waals surface area contributed by atoms with E-state index < -0.39 is 10.0 Å². The molecule has 0 saturated carbocycles. The van der Waals surface area contributed by atoms with Crippen molar-refractivity contribution in [2.75, 3.05) is 11.9 Å². The first kappa shape index (κ1) is 18.9. The molecule has 0 unspecified atom stereocenters. The summed E-state index contributed by atoms with van der Waals surface area (Å²) in [6.45, 7) is 0.636. The van der Waals surface area contributed by atoms with Gasteiger partial charge in [-0.05, 0) is 61.0 Å². The van der Waals surface area contributed by atoms with Gasteiger partial charge in [0.25, 0.3) is 15.9 Å². The van der Waals surface area contributed by atoms with E-state index in [4.69, 9.17) is 0 Å². The van der Waals surface area contributed by atoms with Crippen molar-refractivity contribution >= 4 is 27.5 Å². The summed E-state index contributed by atoms with van der Waals surface area (Å²) in [4.78, 5) is 16.8. The number of anilines is 1. The smallest absolute Gasteiger partial charge is 0.262 e. The number of amidine groups is 1. The van der Waals surface area contributed by atoms with Crippen molar-refractivity contribution in [3.05, 3.63) is 78.6 Å². The molecule has 0 aliphatic carbocycles. The van der Waals surface area contributed by atoms with Crippen LogP contribution in [0.15, 0.2) is 82.9 Å². The summed E-state index contributed by atoms with van der Waals surface area (Å²) in [6.07, 6.45) is 5.31. The molecule has 0 saturated heterocycles. The second-order valence-electron chi connectivity index (χ2n) is 6.66. The summed E-state index contributed by atoms with van der Waals surface area (Å²) < 4.78 is 29.5. The molecule has 0 atom stereocenters. The fourth-order valence-electron chi connectivity index (χ4n) is 3.07. The van der Waals surface area contributed by atoms with E-state index >= 15 is 0 Å². The van der Waals surface area contributed by atoms with Crippen molar-refractivity contribution in [3.63, 3.8) is 0 Å². The third-order valence-electron chi connectivity index (χ3n) is 4.56. The molecule has 1 aromatic heterocycles. The Balaban J connectivity index is 1.48. The topological polar surface area (TPSA) is 92.6 Å². The number of carbonyl (C=O) groups excluding carboxylic acids is 1. The van der Waals surface area contributed by atoms with Gasteiger partial charge < -0.3 is 9.88 Å². The maximum absolute atomic E-state index is 12.5. The molecule has 3 aromatic rings. The summed E-state index contributed by atoms with van der Waals surface area (Å²) in [5, 5.41) is 2.75. The van der Waals surface area contributed by atoms with Gasteiger partial charge in [-0.2, -0.15) is 0 Å². The lowest BCUT2D eigenvalue weighted by Gasteiger charge is -2.10. The van der Waals surface area contributed by atoms with Crippen LogP contribution in [0, 0.1) is 0 Å². The number of sulfonamides is 1. The number of aromatic nitrogens is 1. The molecule has 0 bridgehead atoms. The van der Waals surface area contributed by atoms with Gasteiger partial charge in [0.1, 0.15) is 5.84 Å². The molecule has 0 radical (unpaired) electrons. The Labute approximate surface area is 169 Å². The molecule has 8 heteroatoms. The average Bonchev–Trinajstić information content (AvgIpc) is 3.42. The van der Waals surface area contributed by atoms with E-state index in [2.05, 4.69) is 15.0 Å². The summed E-state index contributed by atoms with van der Waals surface area (Å²) >= 11 is 0. The SMILES string of the molecule is O=C(Nc1cccc(S(=O)(=O)NC2=NCCC2)c1)c1ccc(-n2cccc2)cc1. The number of benzene rings is 2. The van der Waals surface area contributed by atoms with Gasteiger partial charge >= 0.3 is 0 Å². The monoisotopic (exact) mass is 408 g/mol. The van der Waals surface area contributed by atoms with E-state index in [0.717, 1.165) is 12.1 Å². The maximum Gasteiger partial charge on any atom is 0.262 e. The number of nitrogens with zero attached hydrogens (tertiary/aromatic N) is 2. The molecular weight excluding hydrogens is 388 g/mol. The van der Waals surface area contributed by atoms with Gasteiger partial charge in [-0.3, -0.25) is 14.5 Å². The third kappa shape index (κ3) is 4.38. The number of hydrogen-bond acceptors (Lipinski definition) is 4. The molecule has 1 aliphatic heterocycles. The van der Waals surface area contributed by atoms with Crippen LogP contribution in [0.3, 0.4) is 0 Å². The van der Waals surface area contributed by atoms with Crippen molar-refractivity contribution in [1.29, 1.82) is 0 Å². The number of carbonyl (C=O) groups is 1. The van der Waals surface area contributed by atoms with Crippen molar-refractivity contribution in [1.82, 2.24) is 9.29 Å². The van der Waals surface area contributed by atoms with Crippen LogP contribution in [-0.2, 0) is 10.0 Å². The molecule has 0 spiro atoms. The summed E-state index contributed by atoms with van der Waals surface area (Å²) in [6, 6.07) is 17.2. The molecule has 2 aromatic carbocycles. The van der Waals surface area contributed by atoms with Crippen LogP contribution < -0.4 is 10.0 Å². The van der Waals surface area contributed by atoms with Crippen LogP contribution in [0.5, 0.6) is 0 Å². The van der Waals surface area contributed by atoms with Crippen molar-refractivity contribution < 1.29 is 13.2 Å². The first-order chi connectivity index (χ1) is 14.0. The lowest BCUT2D eigenvalue weighted by atomic mass is 10.2. The lowest BCUT2D eigenvalue weighted by molar-refractivity contribution is 0.102. The summed E-state index contributed by atoms with van der Waals surface area (Å²) in [5.74, 6) is 0.161. The van der Waals surface area contributed by atoms with E-state index in [0.29, 0.717) is 30.1 Å². The molecule has 7 nitrogen and oxygen atoms in total. The molecule has 0 fully saturated rings. The van der Waals surface area contributed by atoms with Gasteiger partial charge in [-0.15, -0.1) is 0 Å². The van der Waals surface area contributed by atoms with Gasteiger partial charge in [0.05, 0.1) is 4.90 Å². The average molecular weight is 408 g/mol. The van der Waals surface area contributed by atoms with Crippen LogP contribution in [-0.4, -0.2) is 31.3 Å². The molecule has 1 amide bonds. The van der Waals surface area contributed by atoms with Crippen LogP contribution in [0.1, 0.15) is 23.2 Å². The highest BCUT2D eigenvalue weighted by Crippen LogP contribution is 2.18. The zero-order valence-corrected chi connectivity index (χ0v) is 16.4. The summed E-state index contributed by atoms with van der Waals surface area (Å²) in [7, 11) is -3.73. The van der Waals surface area contributed by atoms with Crippen molar-refractivity contribution in [3.8, 4) is 5.69 Å². The first-order valence-electron chi connectivity index (χ1n) is 9.22. The maximum atomic E-state index is 12.5. The first-order valence-corrected chi connectivity index (χ1v) is 10.7. The van der Waals surface area contributed by atoms with E-state index in [9.17, 15) is 13.2 Å². The zero-order valence-electron chi connectivity index (χ0n) is 15.6. The van der Waals surface area contributed by atoms with E-state index in [-0.39, 0.29) is 10.8 Å². The molecule has 29 heavy (non-hydrogen) atoms. The van der Waals surface area contributed by atoms with Crippen LogP contribution in [0.2, 0.25) is 0 Å². The molecular formula is C21H20N4O3S. The van der Waals surface area contributed by atoms with Crippen molar-refractivity contribution in [2.45, 2.75) is 17.7 Å². The number of rotatable bonds is 5. The molecule has 1 aliphatic rings. The highest BCUT2D eigenvalue weighted by atomic mass is 32.2. The molecule has 4 rings (SSSR count). The fraction of sp³-hybridized carbons (Fsp3) is 0.143. The normalized spacial score (nSPS) is 13.7. The number of nitrogens with one attached hydrogen (secondary N) is 2. The highest BCUT2D eigenvalue weighted by Gasteiger charge is 2.19. The van der Waals surface area contributed by atoms with Gasteiger partial charge in [0.15, 0.2) is 0 Å². The zero-order chi connectivity index (χ0) is 20.3. The van der Waals surface area contributed by atoms with E-state index in [1.54, 1.807) is 24.3 Å². The van der Waals surface area contributed by atoms with Crippen LogP contribution in [0.25, 0.3) is 5.69 Å². The standard InChI is InChI=1S/C21H20N4O3S/c26-21(16-8-10-18(11-9-16)25-13-1-2-14-25)23-17-5-3-6-19(15-17)29(27,28)24-20-7-4-12-22-20/h1-3,5-6,8-11,13-15H,4,7,12H2,(H,22,24)(H,23,26). The minimum Gasteiger partial charge on any atom is -0.324 e. The second kappa shape index (κ2) is 7.92. The van der Waals surface area contributed by atoms with Gasteiger partial charge in [0, 0.05) is 42.3 Å². The highest BCUT2D eigenvalue weighted by molar-refractivity contribution is 7.90. The van der Waals surface area contributed by atoms with E-state index in [1.807, 2.05) is 41.2 Å². The third-order valence-corrected chi connectivity index (χ3v) is 5.94. The van der Waals surface area contributed by atoms with Gasteiger partial charge in [0.2, 0.25) is 0 Å². The second-order valence-corrected chi connectivity index (χ2v) is 8.34. The lowest BCUT2D eigenvalue weighted by Crippen LogP contribution is -2.29. The Morgan fingerprint density at radius 3 is 2.45 bits per heavy atom. The Kier molecular flexibility index (Phi) is 5.18. The molecule has 148 valence electrons. The number of aliphatic imine (C=N–C) groups is 1. The largest absolute Gasteiger partial charge is 0.324 e. The van der Waals surface area contributed by atoms with Crippen LogP contribution in [0.4, 0.5) is 5.69 Å². The Hall–Kier alpha value is -3.39. The minimum atomic E-state index is -3.73. The predicted molar refractivity (Wildman–Crippen MR) is 112 cm³/mol. The summed E-state index contributed by atoms with van der Waals surface area (Å²) in [5.41, 5.74) is 1.83. The Bertz CT molecular complexity index is 1150. The number of hydrogen-bond donors (Lipinski definition) is 2.